The van der Waals surface area contributed by atoms with Crippen molar-refractivity contribution in [2.45, 2.75) is 20.3 Å². The van der Waals surface area contributed by atoms with Crippen LogP contribution in [0.5, 0.6) is 0 Å². The lowest BCUT2D eigenvalue weighted by molar-refractivity contribution is 0.241. The minimum Gasteiger partial charge on any atom is -0.337 e. The van der Waals surface area contributed by atoms with Gasteiger partial charge in [0.25, 0.3) is 0 Å². The third-order valence-electron chi connectivity index (χ3n) is 3.02. The summed E-state index contributed by atoms with van der Waals surface area (Å²) in [6.45, 7) is 4.71. The van der Waals surface area contributed by atoms with Crippen LogP contribution in [0.3, 0.4) is 0 Å². The summed E-state index contributed by atoms with van der Waals surface area (Å²) in [5, 5.41) is 2.75. The number of pyridine rings is 1. The van der Waals surface area contributed by atoms with Crippen molar-refractivity contribution in [3.8, 4) is 0 Å². The van der Waals surface area contributed by atoms with Crippen LogP contribution in [-0.4, -0.2) is 26.7 Å². The van der Waals surface area contributed by atoms with E-state index in [1.165, 1.54) is 4.57 Å². The molecule has 0 saturated carbocycles. The highest BCUT2D eigenvalue weighted by Gasteiger charge is 2.16. The maximum Gasteiger partial charge on any atom is 0.338 e. The Morgan fingerprint density at radius 1 is 1.47 bits per heavy atom. The highest BCUT2D eigenvalue weighted by molar-refractivity contribution is 5.87. The molecule has 1 amide bonds. The Morgan fingerprint density at radius 3 is 2.89 bits per heavy atom. The minimum absolute atomic E-state index is 0.379. The second-order valence-electron chi connectivity index (χ2n) is 4.94. The first-order valence-electron chi connectivity index (χ1n) is 6.33. The van der Waals surface area contributed by atoms with E-state index in [0.717, 1.165) is 11.0 Å². The molecule has 0 aromatic carbocycles. The number of nitrogens with zero attached hydrogens (tertiary/aromatic N) is 3. The molecule has 0 aliphatic heterocycles. The van der Waals surface area contributed by atoms with E-state index in [0.29, 0.717) is 23.6 Å². The smallest absolute Gasteiger partial charge is 0.337 e. The number of aryl methyl sites for hydroxylation is 1. The van der Waals surface area contributed by atoms with Crippen molar-refractivity contribution in [3.05, 3.63) is 28.8 Å². The minimum atomic E-state index is -0.421. The van der Waals surface area contributed by atoms with E-state index >= 15 is 0 Å². The van der Waals surface area contributed by atoms with Crippen LogP contribution >= 0.6 is 0 Å². The predicted molar refractivity (Wildman–Crippen MR) is 73.2 cm³/mol. The number of rotatable bonds is 3. The fourth-order valence-electron chi connectivity index (χ4n) is 1.90. The molecule has 0 aliphatic carbocycles. The Labute approximate surface area is 111 Å². The number of aromatic nitrogens is 3. The van der Waals surface area contributed by atoms with Gasteiger partial charge in [-0.1, -0.05) is 13.8 Å². The first kappa shape index (κ1) is 13.3. The monoisotopic (exact) mass is 262 g/mol. The van der Waals surface area contributed by atoms with Gasteiger partial charge in [-0.2, -0.15) is 4.57 Å². The van der Waals surface area contributed by atoms with Crippen molar-refractivity contribution in [3.63, 3.8) is 0 Å². The van der Waals surface area contributed by atoms with Gasteiger partial charge >= 0.3 is 11.7 Å². The summed E-state index contributed by atoms with van der Waals surface area (Å²) < 4.78 is 2.50. The van der Waals surface area contributed by atoms with Gasteiger partial charge in [0.05, 0.1) is 5.52 Å². The lowest BCUT2D eigenvalue weighted by atomic mass is 10.1. The zero-order valence-corrected chi connectivity index (χ0v) is 11.4. The van der Waals surface area contributed by atoms with E-state index in [2.05, 4.69) is 24.1 Å². The van der Waals surface area contributed by atoms with Crippen molar-refractivity contribution in [2.75, 3.05) is 6.54 Å². The standard InChI is InChI=1S/C13H18N4O2/c1-9(2)6-8-15-12(18)17-11-10(5-4-7-14-11)16(3)13(17)19/h4-5,7,9H,6,8H2,1-3H3,(H,15,18). The predicted octanol–water partition coefficient (Wildman–Crippen LogP) is 1.34. The van der Waals surface area contributed by atoms with E-state index < -0.39 is 6.03 Å². The molecule has 2 aromatic heterocycles. The van der Waals surface area contributed by atoms with Gasteiger partial charge < -0.3 is 5.32 Å². The number of fused-ring (bicyclic) bond motifs is 1. The maximum atomic E-state index is 12.1. The van der Waals surface area contributed by atoms with Crippen molar-refractivity contribution >= 4 is 17.2 Å². The summed E-state index contributed by atoms with van der Waals surface area (Å²) in [6.07, 6.45) is 2.44. The molecule has 0 saturated heterocycles. The second kappa shape index (κ2) is 5.26. The van der Waals surface area contributed by atoms with Gasteiger partial charge in [-0.3, -0.25) is 4.57 Å². The molecule has 0 atom stereocenters. The Hall–Kier alpha value is -2.11. The van der Waals surface area contributed by atoms with E-state index in [9.17, 15) is 9.59 Å². The van der Waals surface area contributed by atoms with E-state index in [-0.39, 0.29) is 5.69 Å². The average Bonchev–Trinajstić information content (AvgIpc) is 2.62. The van der Waals surface area contributed by atoms with Gasteiger partial charge in [0, 0.05) is 19.8 Å². The Kier molecular flexibility index (Phi) is 3.69. The van der Waals surface area contributed by atoms with Crippen LogP contribution in [0.4, 0.5) is 4.79 Å². The molecule has 0 radical (unpaired) electrons. The highest BCUT2D eigenvalue weighted by Crippen LogP contribution is 2.07. The first-order chi connectivity index (χ1) is 9.02. The van der Waals surface area contributed by atoms with Crippen LogP contribution in [0.25, 0.3) is 11.2 Å². The normalized spacial score (nSPS) is 11.2. The third kappa shape index (κ3) is 2.52. The van der Waals surface area contributed by atoms with Gasteiger partial charge in [-0.05, 0) is 24.5 Å². The van der Waals surface area contributed by atoms with Crippen LogP contribution in [-0.2, 0) is 7.05 Å². The number of carbonyl (C=O) groups excluding carboxylic acids is 1. The Bertz CT molecular complexity index is 654. The molecule has 19 heavy (non-hydrogen) atoms. The molecule has 0 spiro atoms. The molecule has 2 rings (SSSR count). The van der Waals surface area contributed by atoms with Gasteiger partial charge in [0.15, 0.2) is 5.65 Å². The molecule has 6 nitrogen and oxygen atoms in total. The van der Waals surface area contributed by atoms with E-state index in [1.54, 1.807) is 25.4 Å². The number of carbonyl (C=O) groups is 1. The highest BCUT2D eigenvalue weighted by atomic mass is 16.2. The van der Waals surface area contributed by atoms with Crippen molar-refractivity contribution < 1.29 is 4.79 Å². The molecule has 1 N–H and O–H groups in total. The largest absolute Gasteiger partial charge is 0.338 e. The van der Waals surface area contributed by atoms with Gasteiger partial charge in [0.2, 0.25) is 0 Å². The van der Waals surface area contributed by atoms with Crippen molar-refractivity contribution in [1.82, 2.24) is 19.4 Å². The van der Waals surface area contributed by atoms with Crippen molar-refractivity contribution in [1.29, 1.82) is 0 Å². The van der Waals surface area contributed by atoms with Crippen LogP contribution in [0.2, 0.25) is 0 Å². The van der Waals surface area contributed by atoms with Gasteiger partial charge in [0.1, 0.15) is 0 Å². The fraction of sp³-hybridized carbons (Fsp3) is 0.462. The summed E-state index contributed by atoms with van der Waals surface area (Å²) in [6, 6.07) is 3.08. The Balaban J connectivity index is 2.32. The number of imidazole rings is 1. The molecule has 2 aromatic rings. The number of nitrogens with one attached hydrogen (secondary N) is 1. The second-order valence-corrected chi connectivity index (χ2v) is 4.94. The molecule has 102 valence electrons. The maximum absolute atomic E-state index is 12.1. The molecular formula is C13H18N4O2. The van der Waals surface area contributed by atoms with Gasteiger partial charge in [-0.15, -0.1) is 0 Å². The Morgan fingerprint density at radius 2 is 2.21 bits per heavy atom. The zero-order valence-electron chi connectivity index (χ0n) is 11.4. The first-order valence-corrected chi connectivity index (χ1v) is 6.33. The summed E-state index contributed by atoms with van der Waals surface area (Å²) in [4.78, 5) is 28.2. The van der Waals surface area contributed by atoms with Crippen LogP contribution in [0, 0.1) is 5.92 Å². The van der Waals surface area contributed by atoms with Crippen LogP contribution < -0.4 is 11.0 Å². The number of hydrogen-bond acceptors (Lipinski definition) is 3. The fourth-order valence-corrected chi connectivity index (χ4v) is 1.90. The molecular weight excluding hydrogens is 244 g/mol. The third-order valence-corrected chi connectivity index (χ3v) is 3.02. The van der Waals surface area contributed by atoms with Crippen molar-refractivity contribution in [2.24, 2.45) is 13.0 Å². The van der Waals surface area contributed by atoms with Crippen LogP contribution in [0.1, 0.15) is 20.3 Å². The number of hydrogen-bond donors (Lipinski definition) is 1. The summed E-state index contributed by atoms with van der Waals surface area (Å²) >= 11 is 0. The van der Waals surface area contributed by atoms with E-state index in [1.807, 2.05) is 0 Å². The number of amides is 1. The summed E-state index contributed by atoms with van der Waals surface area (Å²) in [7, 11) is 1.63. The molecule has 0 unspecified atom stereocenters. The molecule has 0 fully saturated rings. The zero-order chi connectivity index (χ0) is 14.0. The summed E-state index contributed by atoms with van der Waals surface area (Å²) in [5.74, 6) is 0.502. The lowest BCUT2D eigenvalue weighted by Crippen LogP contribution is -2.37. The molecule has 2 heterocycles. The van der Waals surface area contributed by atoms with Gasteiger partial charge in [-0.25, -0.2) is 14.6 Å². The molecule has 0 aliphatic rings. The van der Waals surface area contributed by atoms with E-state index in [4.69, 9.17) is 0 Å². The topological polar surface area (TPSA) is 68.9 Å². The average molecular weight is 262 g/mol. The van der Waals surface area contributed by atoms with Crippen LogP contribution in [0.15, 0.2) is 23.1 Å². The summed E-state index contributed by atoms with van der Waals surface area (Å²) in [5.41, 5.74) is 0.652. The molecule has 6 heteroatoms. The quantitative estimate of drug-likeness (QED) is 0.907. The SMILES string of the molecule is CC(C)CCNC(=O)n1c(=O)n(C)c2cccnc21. The molecule has 0 bridgehead atoms. The lowest BCUT2D eigenvalue weighted by Gasteiger charge is -2.07.